The number of hydrogen-bond acceptors (Lipinski definition) is 6. The molecule has 1 aliphatic rings. The van der Waals surface area contributed by atoms with Gasteiger partial charge in [-0.1, -0.05) is 33.8 Å². The number of nitrogens with zero attached hydrogens (tertiary/aromatic N) is 3. The first-order valence-electron chi connectivity index (χ1n) is 9.24. The number of benzene rings is 1. The molecule has 0 atom stereocenters. The standard InChI is InChI=1S/C21H21BrN4O2S/c1-28-19-6-4-14(22)9-15(19)17-5-3-13(10-23-17)11-26-8-7-18-16(12-26)20(27)25-21(24-18)29-2/h3-6,9-10H,7-8,11-12H2,1-2H3,(H,24,25,27). The van der Waals surface area contributed by atoms with Gasteiger partial charge in [0.15, 0.2) is 5.16 Å². The van der Waals surface area contributed by atoms with Crippen molar-refractivity contribution < 1.29 is 4.74 Å². The maximum Gasteiger partial charge on any atom is 0.256 e. The van der Waals surface area contributed by atoms with Crippen LogP contribution in [0.2, 0.25) is 0 Å². The van der Waals surface area contributed by atoms with Gasteiger partial charge in [0.1, 0.15) is 5.75 Å². The fourth-order valence-corrected chi connectivity index (χ4v) is 4.26. The zero-order valence-corrected chi connectivity index (χ0v) is 18.6. The molecule has 0 radical (unpaired) electrons. The molecule has 8 heteroatoms. The van der Waals surface area contributed by atoms with Crippen molar-refractivity contribution >= 4 is 27.7 Å². The van der Waals surface area contributed by atoms with Crippen molar-refractivity contribution in [3.8, 4) is 17.0 Å². The Morgan fingerprint density at radius 1 is 1.31 bits per heavy atom. The number of aromatic amines is 1. The van der Waals surface area contributed by atoms with E-state index in [1.165, 1.54) is 11.8 Å². The molecular formula is C21H21BrN4O2S. The minimum atomic E-state index is -0.0285. The Hall–Kier alpha value is -2.16. The highest BCUT2D eigenvalue weighted by Gasteiger charge is 2.21. The fourth-order valence-electron chi connectivity index (χ4n) is 3.51. The van der Waals surface area contributed by atoms with Crippen LogP contribution in [0.3, 0.4) is 0 Å². The van der Waals surface area contributed by atoms with Crippen LogP contribution in [-0.2, 0) is 19.5 Å². The first kappa shape index (κ1) is 20.1. The first-order valence-corrected chi connectivity index (χ1v) is 11.3. The number of ether oxygens (including phenoxy) is 1. The predicted molar refractivity (Wildman–Crippen MR) is 118 cm³/mol. The Labute approximate surface area is 181 Å². The molecular weight excluding hydrogens is 452 g/mol. The molecule has 29 heavy (non-hydrogen) atoms. The van der Waals surface area contributed by atoms with Gasteiger partial charge in [0.2, 0.25) is 0 Å². The van der Waals surface area contributed by atoms with Crippen LogP contribution in [0.4, 0.5) is 0 Å². The summed E-state index contributed by atoms with van der Waals surface area (Å²) >= 11 is 4.97. The minimum Gasteiger partial charge on any atom is -0.496 e. The Morgan fingerprint density at radius 3 is 2.90 bits per heavy atom. The summed E-state index contributed by atoms with van der Waals surface area (Å²) in [6.07, 6.45) is 4.60. The topological polar surface area (TPSA) is 71.1 Å². The Bertz CT molecular complexity index is 1090. The van der Waals surface area contributed by atoms with Crippen molar-refractivity contribution in [2.75, 3.05) is 19.9 Å². The number of pyridine rings is 1. The summed E-state index contributed by atoms with van der Waals surface area (Å²) in [5, 5.41) is 0.685. The molecule has 150 valence electrons. The lowest BCUT2D eigenvalue weighted by atomic mass is 10.1. The van der Waals surface area contributed by atoms with E-state index in [4.69, 9.17) is 4.74 Å². The third-order valence-electron chi connectivity index (χ3n) is 4.99. The van der Waals surface area contributed by atoms with Gasteiger partial charge in [-0.25, -0.2) is 4.98 Å². The van der Waals surface area contributed by atoms with Gasteiger partial charge >= 0.3 is 0 Å². The molecule has 0 unspecified atom stereocenters. The van der Waals surface area contributed by atoms with Crippen LogP contribution in [0.15, 0.2) is 51.0 Å². The fraction of sp³-hybridized carbons (Fsp3) is 0.286. The molecule has 0 fully saturated rings. The molecule has 3 heterocycles. The van der Waals surface area contributed by atoms with Gasteiger partial charge in [-0.05, 0) is 36.1 Å². The molecule has 0 bridgehead atoms. The van der Waals surface area contributed by atoms with Crippen molar-refractivity contribution in [2.45, 2.75) is 24.7 Å². The second kappa shape index (κ2) is 8.69. The highest BCUT2D eigenvalue weighted by molar-refractivity contribution is 9.10. The molecule has 1 aromatic carbocycles. The number of nitrogens with one attached hydrogen (secondary N) is 1. The molecule has 0 saturated heterocycles. The molecule has 3 aromatic rings. The molecule has 0 spiro atoms. The largest absolute Gasteiger partial charge is 0.496 e. The lowest BCUT2D eigenvalue weighted by Gasteiger charge is -2.27. The molecule has 0 aliphatic carbocycles. The van der Waals surface area contributed by atoms with E-state index in [1.54, 1.807) is 7.11 Å². The van der Waals surface area contributed by atoms with Crippen LogP contribution in [0.25, 0.3) is 11.3 Å². The number of aromatic nitrogens is 3. The summed E-state index contributed by atoms with van der Waals surface area (Å²) in [5.74, 6) is 0.789. The maximum atomic E-state index is 12.4. The number of rotatable bonds is 5. The molecule has 6 nitrogen and oxygen atoms in total. The SMILES string of the molecule is COc1ccc(Br)cc1-c1ccc(CN2CCc3nc(SC)[nH]c(=O)c3C2)cn1. The molecule has 0 saturated carbocycles. The van der Waals surface area contributed by atoms with Crippen LogP contribution in [0.1, 0.15) is 16.8 Å². The minimum absolute atomic E-state index is 0.0285. The van der Waals surface area contributed by atoms with E-state index in [-0.39, 0.29) is 5.56 Å². The Kier molecular flexibility index (Phi) is 6.03. The molecule has 1 N–H and O–H groups in total. The summed E-state index contributed by atoms with van der Waals surface area (Å²) in [4.78, 5) is 26.7. The van der Waals surface area contributed by atoms with Gasteiger partial charge < -0.3 is 9.72 Å². The van der Waals surface area contributed by atoms with E-state index in [9.17, 15) is 4.79 Å². The summed E-state index contributed by atoms with van der Waals surface area (Å²) in [6, 6.07) is 9.97. The van der Waals surface area contributed by atoms with Gasteiger partial charge in [-0.3, -0.25) is 14.7 Å². The quantitative estimate of drug-likeness (QED) is 0.448. The second-order valence-corrected chi connectivity index (χ2v) is 8.57. The molecule has 1 aliphatic heterocycles. The predicted octanol–water partition coefficient (Wildman–Crippen LogP) is 3.88. The van der Waals surface area contributed by atoms with Gasteiger partial charge in [0.05, 0.1) is 24.1 Å². The van der Waals surface area contributed by atoms with Crippen LogP contribution in [0.5, 0.6) is 5.75 Å². The zero-order valence-electron chi connectivity index (χ0n) is 16.2. The second-order valence-electron chi connectivity index (χ2n) is 6.86. The van der Waals surface area contributed by atoms with Crippen molar-refractivity contribution in [1.29, 1.82) is 0 Å². The van der Waals surface area contributed by atoms with Crippen LogP contribution >= 0.6 is 27.7 Å². The van der Waals surface area contributed by atoms with E-state index in [0.717, 1.165) is 57.8 Å². The van der Waals surface area contributed by atoms with Crippen molar-refractivity contribution in [3.05, 3.63) is 68.2 Å². The van der Waals surface area contributed by atoms with E-state index < -0.39 is 0 Å². The van der Waals surface area contributed by atoms with Crippen LogP contribution in [-0.4, -0.2) is 39.8 Å². The highest BCUT2D eigenvalue weighted by Crippen LogP contribution is 2.31. The van der Waals surface area contributed by atoms with Gasteiger partial charge in [0.25, 0.3) is 5.56 Å². The Balaban J connectivity index is 1.50. The lowest BCUT2D eigenvalue weighted by molar-refractivity contribution is 0.240. The number of methoxy groups -OCH3 is 1. The average Bonchev–Trinajstić information content (AvgIpc) is 2.74. The number of thioether (sulfide) groups is 1. The molecule has 0 amide bonds. The number of fused-ring (bicyclic) bond motifs is 1. The van der Waals surface area contributed by atoms with Gasteiger partial charge in [-0.2, -0.15) is 0 Å². The summed E-state index contributed by atoms with van der Waals surface area (Å²) in [6.45, 7) is 2.22. The zero-order chi connectivity index (χ0) is 20.4. The Morgan fingerprint density at radius 2 is 2.17 bits per heavy atom. The monoisotopic (exact) mass is 472 g/mol. The van der Waals surface area contributed by atoms with Crippen molar-refractivity contribution in [1.82, 2.24) is 19.9 Å². The number of H-pyrrole nitrogens is 1. The van der Waals surface area contributed by atoms with Crippen molar-refractivity contribution in [3.63, 3.8) is 0 Å². The molecule has 2 aromatic heterocycles. The maximum absolute atomic E-state index is 12.4. The highest BCUT2D eigenvalue weighted by atomic mass is 79.9. The first-order chi connectivity index (χ1) is 14.1. The van der Waals surface area contributed by atoms with Gasteiger partial charge in [0, 0.05) is 42.3 Å². The number of hydrogen-bond donors (Lipinski definition) is 1. The van der Waals surface area contributed by atoms with E-state index in [2.05, 4.69) is 41.8 Å². The lowest BCUT2D eigenvalue weighted by Crippen LogP contribution is -2.35. The summed E-state index contributed by atoms with van der Waals surface area (Å²) < 4.78 is 6.44. The number of halogens is 1. The third kappa shape index (κ3) is 4.39. The normalized spacial score (nSPS) is 13.9. The van der Waals surface area contributed by atoms with Crippen LogP contribution < -0.4 is 10.3 Å². The third-order valence-corrected chi connectivity index (χ3v) is 6.06. The van der Waals surface area contributed by atoms with Crippen molar-refractivity contribution in [2.24, 2.45) is 0 Å². The summed E-state index contributed by atoms with van der Waals surface area (Å²) in [7, 11) is 1.66. The van der Waals surface area contributed by atoms with Crippen LogP contribution in [0, 0.1) is 0 Å². The van der Waals surface area contributed by atoms with E-state index >= 15 is 0 Å². The summed E-state index contributed by atoms with van der Waals surface area (Å²) in [5.41, 5.74) is 4.58. The van der Waals surface area contributed by atoms with E-state index in [0.29, 0.717) is 11.7 Å². The smallest absolute Gasteiger partial charge is 0.256 e. The van der Waals surface area contributed by atoms with E-state index in [1.807, 2.05) is 36.7 Å². The van der Waals surface area contributed by atoms with Gasteiger partial charge in [-0.15, -0.1) is 0 Å². The average molecular weight is 473 g/mol. The molecule has 4 rings (SSSR count).